The van der Waals surface area contributed by atoms with Crippen LogP contribution in [-0.2, 0) is 16.4 Å². The minimum Gasteiger partial charge on any atom is -0.476 e. The summed E-state index contributed by atoms with van der Waals surface area (Å²) in [6, 6.07) is 13.6. The maximum absolute atomic E-state index is 13.8. The van der Waals surface area contributed by atoms with E-state index in [2.05, 4.69) is 19.8 Å². The molecule has 1 atom stereocenters. The molecule has 0 amide bonds. The van der Waals surface area contributed by atoms with Gasteiger partial charge in [-0.15, -0.1) is 5.10 Å². The quantitative estimate of drug-likeness (QED) is 0.205. The van der Waals surface area contributed by atoms with Crippen molar-refractivity contribution in [2.24, 2.45) is 5.41 Å². The highest BCUT2D eigenvalue weighted by atomic mass is 32.2. The molecular formula is C35H41F5N8O3S. The van der Waals surface area contributed by atoms with Crippen LogP contribution in [0.25, 0.3) is 17.1 Å². The molecule has 4 aromatic rings. The predicted molar refractivity (Wildman–Crippen MR) is 185 cm³/mol. The Balaban J connectivity index is 1.34. The third-order valence-corrected chi connectivity index (χ3v) is 10.6. The summed E-state index contributed by atoms with van der Waals surface area (Å²) in [5, 5.41) is 4.08. The molecule has 2 aliphatic heterocycles. The summed E-state index contributed by atoms with van der Waals surface area (Å²) < 4.78 is 103. The average Bonchev–Trinajstić information content (AvgIpc) is 3.76. The van der Waals surface area contributed by atoms with Gasteiger partial charge in [-0.2, -0.15) is 21.6 Å². The fourth-order valence-corrected chi connectivity index (χ4v) is 7.30. The van der Waals surface area contributed by atoms with Gasteiger partial charge in [-0.05, 0) is 57.2 Å². The zero-order valence-corrected chi connectivity index (χ0v) is 29.7. The van der Waals surface area contributed by atoms with Crippen LogP contribution >= 0.6 is 0 Å². The SMILES string of the molecule is CC(C)(COc1ccn(-c2ncc3nc2-c2ccccc2CCCCCCN([C@@H]2CCN(CC(F)F)C2)c2cccc(n2)S(=O)(=O)N3)n1)C(F)(F)F. The van der Waals surface area contributed by atoms with Crippen molar-refractivity contribution in [3.63, 3.8) is 0 Å². The summed E-state index contributed by atoms with van der Waals surface area (Å²) in [6.45, 7) is 2.65. The molecule has 0 unspecified atom stereocenters. The van der Waals surface area contributed by atoms with E-state index in [1.807, 2.05) is 29.2 Å². The number of anilines is 2. The Kier molecular flexibility index (Phi) is 11.0. The second-order valence-electron chi connectivity index (χ2n) is 13.7. The summed E-state index contributed by atoms with van der Waals surface area (Å²) in [4.78, 5) is 17.5. The van der Waals surface area contributed by atoms with Gasteiger partial charge in [0.25, 0.3) is 16.4 Å². The van der Waals surface area contributed by atoms with E-state index in [0.29, 0.717) is 49.6 Å². The van der Waals surface area contributed by atoms with E-state index < -0.39 is 34.6 Å². The van der Waals surface area contributed by atoms with Crippen LogP contribution in [0.2, 0.25) is 0 Å². The molecule has 0 radical (unpaired) electrons. The first-order valence-corrected chi connectivity index (χ1v) is 18.7. The van der Waals surface area contributed by atoms with Crippen LogP contribution in [0.5, 0.6) is 5.88 Å². The van der Waals surface area contributed by atoms with E-state index >= 15 is 0 Å². The van der Waals surface area contributed by atoms with Crippen LogP contribution in [0.15, 0.2) is 66.0 Å². The van der Waals surface area contributed by atoms with Gasteiger partial charge in [-0.25, -0.2) is 28.4 Å². The molecule has 4 bridgehead atoms. The summed E-state index contributed by atoms with van der Waals surface area (Å²) in [5.41, 5.74) is -0.182. The molecule has 1 N–H and O–H groups in total. The fourth-order valence-electron chi connectivity index (χ4n) is 6.35. The molecule has 3 aromatic heterocycles. The van der Waals surface area contributed by atoms with Gasteiger partial charge in [0.2, 0.25) is 5.88 Å². The number of alkyl halides is 5. The van der Waals surface area contributed by atoms with Crippen LogP contribution in [0, 0.1) is 5.41 Å². The van der Waals surface area contributed by atoms with Gasteiger partial charge in [0.05, 0.1) is 18.2 Å². The largest absolute Gasteiger partial charge is 0.476 e. The number of aryl methyl sites for hydroxylation is 1. The molecule has 17 heteroatoms. The van der Waals surface area contributed by atoms with Crippen molar-refractivity contribution in [2.45, 2.75) is 76.0 Å². The molecule has 6 rings (SSSR count). The van der Waals surface area contributed by atoms with E-state index in [1.54, 1.807) is 17.0 Å². The summed E-state index contributed by atoms with van der Waals surface area (Å²) in [5.74, 6) is 0.524. The lowest BCUT2D eigenvalue weighted by molar-refractivity contribution is -0.219. The minimum atomic E-state index is -4.48. The predicted octanol–water partition coefficient (Wildman–Crippen LogP) is 6.75. The average molecular weight is 749 g/mol. The van der Waals surface area contributed by atoms with Crippen LogP contribution < -0.4 is 14.4 Å². The standard InChI is InChI=1S/C35H41F5N8O3S/c1-34(2,35(38,39)40)23-51-30-16-19-48(44-30)33-32-26-12-7-6-11-24(26)10-5-3-4-8-17-47(25-15-18-46(21-25)22-27(36)37)29-13-9-14-31(43-29)52(49,50)45-28(42-32)20-41-33/h6-7,9,11-14,16,19-20,25,27H,3-5,8,10,15,17-18,21-23H2,1-2H3,(H,42,45)/t25-/m1/s1. The van der Waals surface area contributed by atoms with Gasteiger partial charge < -0.3 is 9.64 Å². The van der Waals surface area contributed by atoms with Gasteiger partial charge in [-0.3, -0.25) is 9.62 Å². The van der Waals surface area contributed by atoms with Crippen molar-refractivity contribution < 1.29 is 35.1 Å². The van der Waals surface area contributed by atoms with Gasteiger partial charge in [0.15, 0.2) is 16.7 Å². The zero-order valence-electron chi connectivity index (χ0n) is 28.9. The lowest BCUT2D eigenvalue weighted by atomic mass is 9.94. The maximum Gasteiger partial charge on any atom is 0.397 e. The molecule has 280 valence electrons. The second-order valence-corrected chi connectivity index (χ2v) is 15.4. The Morgan fingerprint density at radius 3 is 2.56 bits per heavy atom. The first-order chi connectivity index (χ1) is 24.7. The van der Waals surface area contributed by atoms with Crippen LogP contribution in [0.4, 0.5) is 33.6 Å². The Hall–Kier alpha value is -4.38. The van der Waals surface area contributed by atoms with Crippen LogP contribution in [-0.4, -0.2) is 89.5 Å². The molecule has 2 aliphatic rings. The van der Waals surface area contributed by atoms with Crippen LogP contribution in [0.3, 0.4) is 0 Å². The Labute approximate surface area is 299 Å². The number of pyridine rings is 1. The summed E-state index contributed by atoms with van der Waals surface area (Å²) in [6.07, 6.45) is 0.567. The van der Waals surface area contributed by atoms with Crippen molar-refractivity contribution in [3.8, 4) is 23.0 Å². The molecule has 1 saturated heterocycles. The number of halogens is 5. The van der Waals surface area contributed by atoms with Crippen molar-refractivity contribution in [1.82, 2.24) is 29.6 Å². The third-order valence-electron chi connectivity index (χ3n) is 9.35. The molecule has 1 fully saturated rings. The molecule has 0 aliphatic carbocycles. The van der Waals surface area contributed by atoms with E-state index in [4.69, 9.17) is 9.72 Å². The Morgan fingerprint density at radius 2 is 1.77 bits per heavy atom. The minimum absolute atomic E-state index is 0.0482. The zero-order chi connectivity index (χ0) is 37.1. The Bertz CT molecular complexity index is 1960. The van der Waals surface area contributed by atoms with Gasteiger partial charge in [-0.1, -0.05) is 43.2 Å². The molecular weight excluding hydrogens is 707 g/mol. The van der Waals surface area contributed by atoms with E-state index in [-0.39, 0.29) is 35.1 Å². The van der Waals surface area contributed by atoms with Gasteiger partial charge in [0.1, 0.15) is 18.1 Å². The lowest BCUT2D eigenvalue weighted by Crippen LogP contribution is -2.40. The van der Waals surface area contributed by atoms with E-state index in [1.165, 1.54) is 29.2 Å². The highest BCUT2D eigenvalue weighted by Gasteiger charge is 2.48. The van der Waals surface area contributed by atoms with Crippen molar-refractivity contribution in [3.05, 3.63) is 66.5 Å². The topological polar surface area (TPSA) is 118 Å². The summed E-state index contributed by atoms with van der Waals surface area (Å²) in [7, 11) is -4.28. The third kappa shape index (κ3) is 8.62. The number of aromatic nitrogens is 5. The van der Waals surface area contributed by atoms with Gasteiger partial charge in [0, 0.05) is 43.5 Å². The number of fused-ring (bicyclic) bond motifs is 6. The number of rotatable bonds is 7. The summed E-state index contributed by atoms with van der Waals surface area (Å²) >= 11 is 0. The second kappa shape index (κ2) is 15.3. The fraction of sp³-hybridized carbons (Fsp3) is 0.486. The maximum atomic E-state index is 13.8. The Morgan fingerprint density at radius 1 is 0.981 bits per heavy atom. The monoisotopic (exact) mass is 748 g/mol. The number of hydrogen-bond acceptors (Lipinski definition) is 9. The molecule has 0 saturated carbocycles. The number of sulfonamides is 1. The highest BCUT2D eigenvalue weighted by Crippen LogP contribution is 2.38. The van der Waals surface area contributed by atoms with Crippen molar-refractivity contribution in [1.29, 1.82) is 0 Å². The van der Waals surface area contributed by atoms with Crippen LogP contribution in [0.1, 0.15) is 51.5 Å². The number of hydrogen-bond donors (Lipinski definition) is 1. The lowest BCUT2D eigenvalue weighted by Gasteiger charge is -2.31. The number of ether oxygens (including phenoxy) is 1. The smallest absolute Gasteiger partial charge is 0.397 e. The van der Waals surface area contributed by atoms with E-state index in [9.17, 15) is 30.4 Å². The molecule has 52 heavy (non-hydrogen) atoms. The first kappa shape index (κ1) is 37.4. The first-order valence-electron chi connectivity index (χ1n) is 17.2. The van der Waals surface area contributed by atoms with Crippen molar-refractivity contribution in [2.75, 3.05) is 42.4 Å². The number of nitrogens with zero attached hydrogens (tertiary/aromatic N) is 7. The normalized spacial score (nSPS) is 18.8. The molecule has 5 heterocycles. The number of nitrogens with one attached hydrogen (secondary N) is 1. The van der Waals surface area contributed by atoms with E-state index in [0.717, 1.165) is 45.1 Å². The molecule has 1 aromatic carbocycles. The van der Waals surface area contributed by atoms with Crippen molar-refractivity contribution >= 4 is 21.7 Å². The highest BCUT2D eigenvalue weighted by molar-refractivity contribution is 7.92. The molecule has 0 spiro atoms. The number of likely N-dealkylation sites (tertiary alicyclic amines) is 1. The number of benzene rings is 1. The molecule has 11 nitrogen and oxygen atoms in total. The van der Waals surface area contributed by atoms with Gasteiger partial charge >= 0.3 is 6.18 Å².